The monoisotopic (exact) mass is 266 g/mol. The van der Waals surface area contributed by atoms with E-state index in [1.807, 2.05) is 59.5 Å². The molecule has 1 fully saturated rings. The van der Waals surface area contributed by atoms with Gasteiger partial charge in [0.25, 0.3) is 0 Å². The van der Waals surface area contributed by atoms with Gasteiger partial charge in [0.2, 0.25) is 5.91 Å². The predicted octanol–water partition coefficient (Wildman–Crippen LogP) is 2.59. The summed E-state index contributed by atoms with van der Waals surface area (Å²) in [7, 11) is 0. The molecule has 1 aliphatic rings. The van der Waals surface area contributed by atoms with Gasteiger partial charge in [-0.15, -0.1) is 0 Å². The summed E-state index contributed by atoms with van der Waals surface area (Å²) in [4.78, 5) is 13.8. The number of carbonyl (C=O) groups is 1. The van der Waals surface area contributed by atoms with Crippen LogP contribution in [0.1, 0.15) is 17.2 Å². The van der Waals surface area contributed by atoms with Crippen molar-refractivity contribution in [1.29, 1.82) is 0 Å². The lowest BCUT2D eigenvalue weighted by molar-refractivity contribution is -0.150. The molecule has 20 heavy (non-hydrogen) atoms. The normalized spacial score (nSPS) is 19.1. The highest BCUT2D eigenvalue weighted by atomic mass is 16.5. The third-order valence-electron chi connectivity index (χ3n) is 3.48. The molecule has 3 rings (SSSR count). The quantitative estimate of drug-likeness (QED) is 0.854. The van der Waals surface area contributed by atoms with Crippen molar-refractivity contribution in [1.82, 2.24) is 4.90 Å². The van der Waals surface area contributed by atoms with Crippen LogP contribution in [0, 0.1) is 6.07 Å². The minimum atomic E-state index is -0.0500. The van der Waals surface area contributed by atoms with Gasteiger partial charge in [0.1, 0.15) is 12.7 Å². The molecule has 1 aliphatic heterocycles. The average molecular weight is 266 g/mol. The Morgan fingerprint density at radius 2 is 1.90 bits per heavy atom. The molecule has 0 spiro atoms. The molecule has 2 aromatic carbocycles. The van der Waals surface area contributed by atoms with Gasteiger partial charge in [-0.3, -0.25) is 4.79 Å². The molecule has 0 saturated carbocycles. The largest absolute Gasteiger partial charge is 0.362 e. The smallest absolute Gasteiger partial charge is 0.249 e. The number of ether oxygens (including phenoxy) is 1. The van der Waals surface area contributed by atoms with E-state index in [0.29, 0.717) is 13.1 Å². The summed E-state index contributed by atoms with van der Waals surface area (Å²) in [6.07, 6.45) is -0.0500. The molecule has 0 N–H and O–H groups in total. The van der Waals surface area contributed by atoms with Crippen molar-refractivity contribution in [3.63, 3.8) is 0 Å². The molecule has 3 nitrogen and oxygen atoms in total. The summed E-state index contributed by atoms with van der Waals surface area (Å²) in [6.45, 7) is 1.38. The first-order chi connectivity index (χ1) is 9.83. The number of rotatable bonds is 3. The molecular formula is C17H16NO2. The van der Waals surface area contributed by atoms with Crippen LogP contribution in [0.15, 0.2) is 54.6 Å². The van der Waals surface area contributed by atoms with E-state index in [1.54, 1.807) is 0 Å². The maximum atomic E-state index is 12.0. The highest BCUT2D eigenvalue weighted by Crippen LogP contribution is 2.23. The first kappa shape index (κ1) is 12.9. The number of hydrogen-bond donors (Lipinski definition) is 0. The molecule has 1 saturated heterocycles. The number of nitrogens with zero attached hydrogens (tertiary/aromatic N) is 1. The first-order valence-electron chi connectivity index (χ1n) is 6.72. The van der Waals surface area contributed by atoms with Crippen molar-refractivity contribution in [3.05, 3.63) is 71.8 Å². The number of amides is 1. The van der Waals surface area contributed by atoms with E-state index < -0.39 is 0 Å². The van der Waals surface area contributed by atoms with Crippen molar-refractivity contribution in [2.45, 2.75) is 12.6 Å². The molecule has 3 heteroatoms. The van der Waals surface area contributed by atoms with Crippen LogP contribution >= 0.6 is 0 Å². The van der Waals surface area contributed by atoms with Gasteiger partial charge in [0, 0.05) is 6.54 Å². The van der Waals surface area contributed by atoms with Crippen LogP contribution in [-0.4, -0.2) is 24.0 Å². The van der Waals surface area contributed by atoms with E-state index in [2.05, 4.69) is 6.07 Å². The molecule has 1 amide bonds. The zero-order chi connectivity index (χ0) is 13.8. The SMILES string of the molecule is O=C1CO[C@@H](c2cc[c]cc2)CN1Cc1ccccc1. The molecule has 0 unspecified atom stereocenters. The lowest BCUT2D eigenvalue weighted by Crippen LogP contribution is -2.42. The minimum absolute atomic E-state index is 0.0487. The summed E-state index contributed by atoms with van der Waals surface area (Å²) in [5.74, 6) is 0.0487. The van der Waals surface area contributed by atoms with Crippen molar-refractivity contribution in [3.8, 4) is 0 Å². The third-order valence-corrected chi connectivity index (χ3v) is 3.48. The summed E-state index contributed by atoms with van der Waals surface area (Å²) in [6, 6.07) is 20.7. The molecule has 0 aromatic heterocycles. The van der Waals surface area contributed by atoms with Crippen LogP contribution in [-0.2, 0) is 16.1 Å². The van der Waals surface area contributed by atoms with Crippen molar-refractivity contribution < 1.29 is 9.53 Å². The average Bonchev–Trinajstić information content (AvgIpc) is 2.51. The second-order valence-electron chi connectivity index (χ2n) is 4.89. The summed E-state index contributed by atoms with van der Waals surface area (Å²) < 4.78 is 5.64. The molecule has 0 aliphatic carbocycles. The van der Waals surface area contributed by atoms with Gasteiger partial charge in [-0.25, -0.2) is 0 Å². The summed E-state index contributed by atoms with van der Waals surface area (Å²) in [5.41, 5.74) is 2.23. The Morgan fingerprint density at radius 1 is 1.15 bits per heavy atom. The van der Waals surface area contributed by atoms with Crippen molar-refractivity contribution in [2.75, 3.05) is 13.2 Å². The molecule has 1 atom stereocenters. The highest BCUT2D eigenvalue weighted by molar-refractivity contribution is 5.78. The number of hydrogen-bond acceptors (Lipinski definition) is 2. The van der Waals surface area contributed by atoms with Crippen LogP contribution in [0.4, 0.5) is 0 Å². The Balaban J connectivity index is 1.72. The lowest BCUT2D eigenvalue weighted by Gasteiger charge is -2.33. The maximum absolute atomic E-state index is 12.0. The molecule has 101 valence electrons. The van der Waals surface area contributed by atoms with E-state index in [4.69, 9.17) is 4.74 Å². The molecule has 2 aromatic rings. The van der Waals surface area contributed by atoms with Crippen molar-refractivity contribution >= 4 is 5.91 Å². The zero-order valence-electron chi connectivity index (χ0n) is 11.2. The van der Waals surface area contributed by atoms with Crippen LogP contribution < -0.4 is 0 Å². The Bertz CT molecular complexity index is 568. The first-order valence-corrected chi connectivity index (χ1v) is 6.72. The van der Waals surface area contributed by atoms with Gasteiger partial charge in [-0.1, -0.05) is 54.6 Å². The minimum Gasteiger partial charge on any atom is -0.362 e. The lowest BCUT2D eigenvalue weighted by atomic mass is 10.1. The predicted molar refractivity (Wildman–Crippen MR) is 75.8 cm³/mol. The third kappa shape index (κ3) is 2.89. The summed E-state index contributed by atoms with van der Waals surface area (Å²) in [5, 5.41) is 0. The van der Waals surface area contributed by atoms with Gasteiger partial charge >= 0.3 is 0 Å². The fraction of sp³-hybridized carbons (Fsp3) is 0.235. The summed E-state index contributed by atoms with van der Waals surface area (Å²) >= 11 is 0. The van der Waals surface area contributed by atoms with E-state index in [9.17, 15) is 4.79 Å². The fourth-order valence-corrected chi connectivity index (χ4v) is 2.39. The Hall–Kier alpha value is -2.13. The number of carbonyl (C=O) groups excluding carboxylic acids is 1. The zero-order valence-corrected chi connectivity index (χ0v) is 11.2. The van der Waals surface area contributed by atoms with Gasteiger partial charge in [0.05, 0.1) is 6.54 Å². The van der Waals surface area contributed by atoms with E-state index >= 15 is 0 Å². The number of benzene rings is 2. The van der Waals surface area contributed by atoms with E-state index in [0.717, 1.165) is 11.1 Å². The van der Waals surface area contributed by atoms with Crippen LogP contribution in [0.25, 0.3) is 0 Å². The van der Waals surface area contributed by atoms with Gasteiger partial charge in [-0.05, 0) is 17.2 Å². The molecule has 1 radical (unpaired) electrons. The second kappa shape index (κ2) is 5.88. The number of morpholine rings is 1. The maximum Gasteiger partial charge on any atom is 0.249 e. The molecular weight excluding hydrogens is 250 g/mol. The standard InChI is InChI=1S/C17H16NO2/c19-17-13-20-16(15-9-5-2-6-10-15)12-18(17)11-14-7-3-1-4-8-14/h1,3-10,16H,11-13H2/t16-/m1/s1. The van der Waals surface area contributed by atoms with Crippen LogP contribution in [0.3, 0.4) is 0 Å². The topological polar surface area (TPSA) is 29.5 Å². The van der Waals surface area contributed by atoms with Crippen LogP contribution in [0.5, 0.6) is 0 Å². The van der Waals surface area contributed by atoms with E-state index in [-0.39, 0.29) is 18.6 Å². The molecule has 0 bridgehead atoms. The Kier molecular flexibility index (Phi) is 3.79. The Morgan fingerprint density at radius 3 is 2.65 bits per heavy atom. The van der Waals surface area contributed by atoms with E-state index in [1.165, 1.54) is 0 Å². The van der Waals surface area contributed by atoms with Crippen LogP contribution in [0.2, 0.25) is 0 Å². The van der Waals surface area contributed by atoms with Gasteiger partial charge < -0.3 is 9.64 Å². The second-order valence-corrected chi connectivity index (χ2v) is 4.89. The Labute approximate surface area is 118 Å². The molecule has 1 heterocycles. The highest BCUT2D eigenvalue weighted by Gasteiger charge is 2.27. The van der Waals surface area contributed by atoms with Crippen molar-refractivity contribution in [2.24, 2.45) is 0 Å². The van der Waals surface area contributed by atoms with Gasteiger partial charge in [-0.2, -0.15) is 0 Å². The fourth-order valence-electron chi connectivity index (χ4n) is 2.39. The van der Waals surface area contributed by atoms with Gasteiger partial charge in [0.15, 0.2) is 0 Å².